The molecule has 2 fully saturated rings. The smallest absolute Gasteiger partial charge is 0.180 e. The second-order valence-electron chi connectivity index (χ2n) is 5.60. The van der Waals surface area contributed by atoms with Gasteiger partial charge in [-0.1, -0.05) is 6.42 Å². The molecule has 0 atom stereocenters. The Labute approximate surface area is 119 Å². The molecule has 2 aliphatic carbocycles. The average Bonchev–Trinajstić information content (AvgIpc) is 2.95. The van der Waals surface area contributed by atoms with Crippen molar-refractivity contribution in [3.8, 4) is 0 Å². The minimum atomic E-state index is 0. The normalized spacial score (nSPS) is 19.6. The van der Waals surface area contributed by atoms with Gasteiger partial charge >= 0.3 is 0 Å². The van der Waals surface area contributed by atoms with Crippen molar-refractivity contribution >= 4 is 28.9 Å². The minimum absolute atomic E-state index is 0. The molecule has 2 saturated carbocycles. The van der Waals surface area contributed by atoms with E-state index < -0.39 is 0 Å². The number of anilines is 1. The lowest BCUT2D eigenvalue weighted by atomic mass is 9.85. The summed E-state index contributed by atoms with van der Waals surface area (Å²) in [6.07, 6.45) is 9.13. The summed E-state index contributed by atoms with van der Waals surface area (Å²) in [5.74, 6) is 1.93. The van der Waals surface area contributed by atoms with E-state index in [-0.39, 0.29) is 12.4 Å². The highest BCUT2D eigenvalue weighted by molar-refractivity contribution is 7.15. The molecule has 3 nitrogen and oxygen atoms in total. The van der Waals surface area contributed by atoms with Crippen LogP contribution in [0.1, 0.15) is 37.0 Å². The third-order valence-electron chi connectivity index (χ3n) is 3.91. The Hall–Kier alpha value is -0.320. The number of aromatic nitrogens is 1. The Kier molecular flexibility index (Phi) is 4.87. The van der Waals surface area contributed by atoms with E-state index in [0.29, 0.717) is 5.13 Å². The quantitative estimate of drug-likeness (QED) is 0.874. The second kappa shape index (κ2) is 6.22. The first kappa shape index (κ1) is 14.1. The number of hydrogen-bond acceptors (Lipinski definition) is 4. The van der Waals surface area contributed by atoms with Crippen LogP contribution in [0.25, 0.3) is 0 Å². The van der Waals surface area contributed by atoms with Crippen LogP contribution in [0, 0.1) is 11.8 Å². The van der Waals surface area contributed by atoms with E-state index in [0.717, 1.165) is 18.4 Å². The number of thiazole rings is 1. The van der Waals surface area contributed by atoms with Crippen molar-refractivity contribution in [2.24, 2.45) is 11.8 Å². The van der Waals surface area contributed by atoms with E-state index in [1.165, 1.54) is 50.1 Å². The Morgan fingerprint density at radius 2 is 1.89 bits per heavy atom. The predicted octanol–water partition coefficient (Wildman–Crippen LogP) is 3.16. The summed E-state index contributed by atoms with van der Waals surface area (Å²) in [6, 6.07) is 0. The summed E-state index contributed by atoms with van der Waals surface area (Å²) in [7, 11) is 0. The van der Waals surface area contributed by atoms with Gasteiger partial charge in [0.05, 0.1) is 0 Å². The lowest BCUT2D eigenvalue weighted by Crippen LogP contribution is -2.33. The number of halogens is 1. The molecule has 1 aromatic rings. The van der Waals surface area contributed by atoms with Crippen molar-refractivity contribution in [2.75, 3.05) is 18.8 Å². The number of nitrogen functional groups attached to an aromatic ring is 1. The largest absolute Gasteiger partial charge is 0.375 e. The fourth-order valence-electron chi connectivity index (χ4n) is 2.53. The standard InChI is InChI=1S/C13H21N3S.ClH/c14-13-15-6-12(17-13)9-16(8-11-4-5-11)7-10-2-1-3-10;/h6,10-11H,1-5,7-9H2,(H2,14,15);1H. The van der Waals surface area contributed by atoms with Gasteiger partial charge in [0.1, 0.15) is 0 Å². The topological polar surface area (TPSA) is 42.1 Å². The number of nitrogens with two attached hydrogens (primary N) is 1. The third-order valence-corrected chi connectivity index (χ3v) is 4.72. The van der Waals surface area contributed by atoms with Crippen LogP contribution in [0.5, 0.6) is 0 Å². The minimum Gasteiger partial charge on any atom is -0.375 e. The van der Waals surface area contributed by atoms with Gasteiger partial charge in [0.2, 0.25) is 0 Å². The monoisotopic (exact) mass is 287 g/mol. The van der Waals surface area contributed by atoms with Crippen molar-refractivity contribution in [2.45, 2.75) is 38.6 Å². The summed E-state index contributed by atoms with van der Waals surface area (Å²) >= 11 is 1.64. The molecule has 18 heavy (non-hydrogen) atoms. The maximum Gasteiger partial charge on any atom is 0.180 e. The van der Waals surface area contributed by atoms with E-state index >= 15 is 0 Å². The molecule has 0 aromatic carbocycles. The molecule has 2 N–H and O–H groups in total. The zero-order valence-corrected chi connectivity index (χ0v) is 12.3. The molecule has 2 aliphatic rings. The van der Waals surface area contributed by atoms with Crippen molar-refractivity contribution in [1.29, 1.82) is 0 Å². The number of nitrogens with zero attached hydrogens (tertiary/aromatic N) is 2. The fourth-order valence-corrected chi connectivity index (χ4v) is 3.25. The highest BCUT2D eigenvalue weighted by Crippen LogP contribution is 2.33. The van der Waals surface area contributed by atoms with Crippen LogP contribution in [-0.4, -0.2) is 23.0 Å². The molecule has 0 bridgehead atoms. The van der Waals surface area contributed by atoms with Gasteiger partial charge in [0.15, 0.2) is 5.13 Å². The molecule has 0 spiro atoms. The Balaban J connectivity index is 0.00000120. The Bertz CT molecular complexity index is 374. The fraction of sp³-hybridized carbons (Fsp3) is 0.769. The molecular formula is C13H22ClN3S. The Morgan fingerprint density at radius 3 is 2.33 bits per heavy atom. The van der Waals surface area contributed by atoms with Crippen LogP contribution in [0.4, 0.5) is 5.13 Å². The Morgan fingerprint density at radius 1 is 1.22 bits per heavy atom. The van der Waals surface area contributed by atoms with Crippen molar-refractivity contribution in [3.63, 3.8) is 0 Å². The SMILES string of the molecule is Cl.Nc1ncc(CN(CC2CCC2)CC2CC2)s1. The van der Waals surface area contributed by atoms with E-state index in [1.54, 1.807) is 11.3 Å². The van der Waals surface area contributed by atoms with E-state index in [4.69, 9.17) is 5.73 Å². The summed E-state index contributed by atoms with van der Waals surface area (Å²) in [6.45, 7) is 3.63. The number of rotatable bonds is 6. The first-order valence-electron chi connectivity index (χ1n) is 6.72. The van der Waals surface area contributed by atoms with E-state index in [2.05, 4.69) is 9.88 Å². The van der Waals surface area contributed by atoms with Crippen LogP contribution in [0.2, 0.25) is 0 Å². The molecule has 0 unspecified atom stereocenters. The van der Waals surface area contributed by atoms with Gasteiger partial charge in [-0.2, -0.15) is 0 Å². The molecule has 5 heteroatoms. The van der Waals surface area contributed by atoms with Gasteiger partial charge in [-0.15, -0.1) is 23.7 Å². The van der Waals surface area contributed by atoms with Crippen molar-refractivity contribution < 1.29 is 0 Å². The van der Waals surface area contributed by atoms with Crippen LogP contribution in [-0.2, 0) is 6.54 Å². The van der Waals surface area contributed by atoms with Gasteiger partial charge in [0.25, 0.3) is 0 Å². The molecule has 0 aliphatic heterocycles. The lowest BCUT2D eigenvalue weighted by molar-refractivity contribution is 0.167. The average molecular weight is 288 g/mol. The van der Waals surface area contributed by atoms with Gasteiger partial charge in [-0.3, -0.25) is 4.90 Å². The second-order valence-corrected chi connectivity index (χ2v) is 6.75. The molecule has 0 saturated heterocycles. The maximum atomic E-state index is 5.70. The van der Waals surface area contributed by atoms with Gasteiger partial charge in [-0.05, 0) is 37.5 Å². The van der Waals surface area contributed by atoms with Crippen LogP contribution >= 0.6 is 23.7 Å². The van der Waals surface area contributed by atoms with Crippen LogP contribution in [0.15, 0.2) is 6.20 Å². The summed E-state index contributed by atoms with van der Waals surface area (Å²) in [4.78, 5) is 8.10. The molecule has 3 rings (SSSR count). The first-order valence-corrected chi connectivity index (χ1v) is 7.54. The zero-order chi connectivity index (χ0) is 11.7. The summed E-state index contributed by atoms with van der Waals surface area (Å²) in [5.41, 5.74) is 5.70. The van der Waals surface area contributed by atoms with Gasteiger partial charge in [-0.25, -0.2) is 4.98 Å². The van der Waals surface area contributed by atoms with Crippen molar-refractivity contribution in [3.05, 3.63) is 11.1 Å². The first-order chi connectivity index (χ1) is 8.29. The predicted molar refractivity (Wildman–Crippen MR) is 79.1 cm³/mol. The molecule has 0 radical (unpaired) electrons. The third kappa shape index (κ3) is 3.84. The summed E-state index contributed by atoms with van der Waals surface area (Å²) in [5, 5.41) is 0.704. The molecular weight excluding hydrogens is 266 g/mol. The van der Waals surface area contributed by atoms with Crippen molar-refractivity contribution in [1.82, 2.24) is 9.88 Å². The zero-order valence-electron chi connectivity index (χ0n) is 10.7. The van der Waals surface area contributed by atoms with E-state index in [9.17, 15) is 0 Å². The highest BCUT2D eigenvalue weighted by atomic mass is 35.5. The van der Waals surface area contributed by atoms with Gasteiger partial charge in [0, 0.05) is 30.7 Å². The maximum absolute atomic E-state index is 5.70. The summed E-state index contributed by atoms with van der Waals surface area (Å²) < 4.78 is 0. The highest BCUT2D eigenvalue weighted by Gasteiger charge is 2.27. The molecule has 102 valence electrons. The molecule has 0 amide bonds. The molecule has 1 aromatic heterocycles. The van der Waals surface area contributed by atoms with Crippen LogP contribution < -0.4 is 5.73 Å². The lowest BCUT2D eigenvalue weighted by Gasteiger charge is -2.32. The van der Waals surface area contributed by atoms with Gasteiger partial charge < -0.3 is 5.73 Å². The van der Waals surface area contributed by atoms with E-state index in [1.807, 2.05) is 6.20 Å². The number of hydrogen-bond donors (Lipinski definition) is 1. The molecule has 1 heterocycles. The van der Waals surface area contributed by atoms with Crippen LogP contribution in [0.3, 0.4) is 0 Å².